The summed E-state index contributed by atoms with van der Waals surface area (Å²) in [4.78, 5) is 10.7. The minimum atomic E-state index is -2.86. The molecular formula is C14H20ClN2O4PS. The van der Waals surface area contributed by atoms with Crippen molar-refractivity contribution in [2.75, 3.05) is 6.61 Å². The average Bonchev–Trinajstić information content (AvgIpc) is 2.50. The Balaban J connectivity index is 2.21. The highest BCUT2D eigenvalue weighted by Crippen LogP contribution is 2.48. The molecule has 0 spiro atoms. The Bertz CT molecular complexity index is 610. The molecule has 0 heterocycles. The highest BCUT2D eigenvalue weighted by Gasteiger charge is 2.29. The molecule has 1 aromatic rings. The average molecular weight is 379 g/mol. The zero-order valence-corrected chi connectivity index (χ0v) is 15.3. The van der Waals surface area contributed by atoms with Crippen molar-refractivity contribution in [3.63, 3.8) is 0 Å². The van der Waals surface area contributed by atoms with Crippen molar-refractivity contribution >= 4 is 35.7 Å². The summed E-state index contributed by atoms with van der Waals surface area (Å²) < 4.78 is 11.4. The van der Waals surface area contributed by atoms with Gasteiger partial charge in [-0.15, -0.1) is 0 Å². The Morgan fingerprint density at radius 3 is 2.74 bits per heavy atom. The number of nitrogens with zero attached hydrogens (tertiary/aromatic N) is 1. The minimum absolute atomic E-state index is 0.0829. The SMILES string of the molecule is CCOP(=S)(NC1CCCCC1)Oc1ccc(Cl)cc1[N+](=O)[O-]. The van der Waals surface area contributed by atoms with Crippen molar-refractivity contribution in [2.24, 2.45) is 0 Å². The molecule has 0 bridgehead atoms. The summed E-state index contributed by atoms with van der Waals surface area (Å²) >= 11 is 11.4. The first kappa shape index (κ1) is 18.6. The minimum Gasteiger partial charge on any atom is -0.425 e. The zero-order valence-electron chi connectivity index (χ0n) is 12.9. The predicted octanol–water partition coefficient (Wildman–Crippen LogP) is 4.81. The van der Waals surface area contributed by atoms with Crippen LogP contribution in [0, 0.1) is 10.1 Å². The number of nitro benzene ring substituents is 1. The van der Waals surface area contributed by atoms with Gasteiger partial charge in [-0.05, 0) is 43.7 Å². The summed E-state index contributed by atoms with van der Waals surface area (Å²) in [5.41, 5.74) is -0.211. The largest absolute Gasteiger partial charge is 0.425 e. The van der Waals surface area contributed by atoms with Gasteiger partial charge in [-0.2, -0.15) is 0 Å². The van der Waals surface area contributed by atoms with Crippen LogP contribution in [0.15, 0.2) is 18.2 Å². The van der Waals surface area contributed by atoms with Crippen LogP contribution in [-0.4, -0.2) is 17.6 Å². The van der Waals surface area contributed by atoms with E-state index in [1.165, 1.54) is 24.6 Å². The quantitative estimate of drug-likeness (QED) is 0.417. The van der Waals surface area contributed by atoms with Crippen LogP contribution in [0.1, 0.15) is 39.0 Å². The standard InChI is InChI=1S/C14H20ClN2O4PS/c1-2-20-22(23,16-12-6-4-3-5-7-12)21-14-9-8-11(15)10-13(14)17(18)19/h8-10,12H,2-7H2,1H3,(H,16,23). The number of halogens is 1. The summed E-state index contributed by atoms with van der Waals surface area (Å²) in [6.45, 7) is -0.660. The fourth-order valence-electron chi connectivity index (χ4n) is 2.56. The van der Waals surface area contributed by atoms with Crippen LogP contribution in [0.5, 0.6) is 5.75 Å². The Morgan fingerprint density at radius 1 is 1.43 bits per heavy atom. The summed E-state index contributed by atoms with van der Waals surface area (Å²) in [5, 5.41) is 14.8. The van der Waals surface area contributed by atoms with Gasteiger partial charge >= 0.3 is 12.3 Å². The molecule has 1 atom stereocenters. The third-order valence-corrected chi connectivity index (χ3v) is 6.39. The molecule has 0 radical (unpaired) electrons. The lowest BCUT2D eigenvalue weighted by atomic mass is 9.96. The van der Waals surface area contributed by atoms with E-state index in [-0.39, 0.29) is 22.5 Å². The summed E-state index contributed by atoms with van der Waals surface area (Å²) in [6, 6.07) is 4.48. The van der Waals surface area contributed by atoms with E-state index in [2.05, 4.69) is 5.09 Å². The van der Waals surface area contributed by atoms with Crippen molar-refractivity contribution in [1.29, 1.82) is 0 Å². The van der Waals surface area contributed by atoms with Gasteiger partial charge in [0, 0.05) is 17.1 Å². The van der Waals surface area contributed by atoms with Gasteiger partial charge in [0.05, 0.1) is 11.5 Å². The van der Waals surface area contributed by atoms with Gasteiger partial charge in [0.15, 0.2) is 0 Å². The second-order valence-corrected chi connectivity index (χ2v) is 8.91. The monoisotopic (exact) mass is 378 g/mol. The predicted molar refractivity (Wildman–Crippen MR) is 94.7 cm³/mol. The molecule has 2 rings (SSSR count). The molecule has 0 amide bonds. The smallest absolute Gasteiger partial charge is 0.313 e. The number of hydrogen-bond acceptors (Lipinski definition) is 5. The van der Waals surface area contributed by atoms with E-state index >= 15 is 0 Å². The second-order valence-electron chi connectivity index (χ2n) is 5.34. The van der Waals surface area contributed by atoms with Crippen molar-refractivity contribution in [3.8, 4) is 5.75 Å². The lowest BCUT2D eigenvalue weighted by molar-refractivity contribution is -0.385. The third kappa shape index (κ3) is 5.40. The number of rotatable bonds is 7. The topological polar surface area (TPSA) is 73.6 Å². The highest BCUT2D eigenvalue weighted by molar-refractivity contribution is 8.09. The van der Waals surface area contributed by atoms with E-state index in [0.717, 1.165) is 25.7 Å². The van der Waals surface area contributed by atoms with Crippen molar-refractivity contribution in [2.45, 2.75) is 45.1 Å². The van der Waals surface area contributed by atoms with Gasteiger partial charge in [-0.25, -0.2) is 5.09 Å². The van der Waals surface area contributed by atoms with Crippen LogP contribution in [0.3, 0.4) is 0 Å². The zero-order chi connectivity index (χ0) is 16.9. The molecule has 1 N–H and O–H groups in total. The maximum atomic E-state index is 11.2. The third-order valence-electron chi connectivity index (χ3n) is 3.58. The van der Waals surface area contributed by atoms with Gasteiger partial charge in [0.25, 0.3) is 0 Å². The van der Waals surface area contributed by atoms with Crippen molar-refractivity contribution in [3.05, 3.63) is 33.3 Å². The molecule has 23 heavy (non-hydrogen) atoms. The van der Waals surface area contributed by atoms with Gasteiger partial charge < -0.3 is 9.05 Å². The molecular weight excluding hydrogens is 359 g/mol. The molecule has 6 nitrogen and oxygen atoms in total. The second kappa shape index (κ2) is 8.40. The van der Waals surface area contributed by atoms with Crippen LogP contribution in [0.2, 0.25) is 5.02 Å². The molecule has 1 aliphatic rings. The van der Waals surface area contributed by atoms with Gasteiger partial charge in [0.1, 0.15) is 0 Å². The molecule has 1 aromatic carbocycles. The summed E-state index contributed by atoms with van der Waals surface area (Å²) in [5.74, 6) is 0.0829. The fraction of sp³-hybridized carbons (Fsp3) is 0.571. The van der Waals surface area contributed by atoms with Gasteiger partial charge in [-0.3, -0.25) is 10.1 Å². The highest BCUT2D eigenvalue weighted by atomic mass is 35.5. The first-order valence-electron chi connectivity index (χ1n) is 7.59. The Kier molecular flexibility index (Phi) is 6.80. The van der Waals surface area contributed by atoms with Gasteiger partial charge in [0.2, 0.25) is 5.75 Å². The number of hydrogen-bond donors (Lipinski definition) is 1. The van der Waals surface area contributed by atoms with Crippen LogP contribution in [0.4, 0.5) is 5.69 Å². The van der Waals surface area contributed by atoms with Crippen LogP contribution >= 0.6 is 18.2 Å². The molecule has 1 aliphatic carbocycles. The number of benzene rings is 1. The molecule has 9 heteroatoms. The fourth-order valence-corrected chi connectivity index (χ4v) is 5.36. The van der Waals surface area contributed by atoms with Gasteiger partial charge in [-0.1, -0.05) is 30.9 Å². The Labute approximate surface area is 145 Å². The molecule has 0 aliphatic heterocycles. The lowest BCUT2D eigenvalue weighted by Crippen LogP contribution is -2.31. The van der Waals surface area contributed by atoms with Crippen LogP contribution in [0.25, 0.3) is 0 Å². The number of nitrogens with one attached hydrogen (secondary N) is 1. The first-order valence-corrected chi connectivity index (χ1v) is 10.6. The maximum Gasteiger partial charge on any atom is 0.313 e. The molecule has 0 aromatic heterocycles. The van der Waals surface area contributed by atoms with Crippen LogP contribution in [-0.2, 0) is 16.3 Å². The molecule has 1 fully saturated rings. The molecule has 128 valence electrons. The van der Waals surface area contributed by atoms with Crippen molar-refractivity contribution < 1.29 is 14.0 Å². The molecule has 1 saturated carbocycles. The van der Waals surface area contributed by atoms with E-state index in [1.807, 2.05) is 6.92 Å². The van der Waals surface area contributed by atoms with Crippen LogP contribution < -0.4 is 9.61 Å². The maximum absolute atomic E-state index is 11.2. The lowest BCUT2D eigenvalue weighted by Gasteiger charge is -2.30. The van der Waals surface area contributed by atoms with E-state index < -0.39 is 11.6 Å². The molecule has 1 unspecified atom stereocenters. The normalized spacial score (nSPS) is 18.3. The first-order chi connectivity index (χ1) is 10.9. The summed E-state index contributed by atoms with van der Waals surface area (Å²) in [6.07, 6.45) is 5.52. The van der Waals surface area contributed by atoms with Crippen molar-refractivity contribution in [1.82, 2.24) is 5.09 Å². The Morgan fingerprint density at radius 2 is 2.13 bits per heavy atom. The van der Waals surface area contributed by atoms with E-state index in [1.54, 1.807) is 0 Å². The van der Waals surface area contributed by atoms with E-state index in [0.29, 0.717) is 6.61 Å². The number of nitro groups is 1. The molecule has 0 saturated heterocycles. The van der Waals surface area contributed by atoms with E-state index in [9.17, 15) is 10.1 Å². The summed E-state index contributed by atoms with van der Waals surface area (Å²) in [7, 11) is 0. The Hall–Kier alpha value is -0.720. The van der Waals surface area contributed by atoms with E-state index in [4.69, 9.17) is 32.5 Å².